The molecule has 0 atom stereocenters. The van der Waals surface area contributed by atoms with E-state index in [-0.39, 0.29) is 0 Å². The zero-order valence-corrected chi connectivity index (χ0v) is 36.2. The molecule has 8 aromatic carbocycles. The van der Waals surface area contributed by atoms with E-state index in [9.17, 15) is 0 Å². The maximum absolute atomic E-state index is 5.41. The molecule has 3 heterocycles. The number of aromatic nitrogens is 6. The smallest absolute Gasteiger partial charge is 0.164 e. The Kier molecular flexibility index (Phi) is 10.3. The quantitative estimate of drug-likeness (QED) is 0.134. The summed E-state index contributed by atoms with van der Waals surface area (Å²) in [5, 5.41) is 2.40. The SMILES string of the molecule is COc1ccc(-c2nc(-c3ccccc3)nc(-c3cccc(-c4ccc5sc6ccc(-c7cccc(-c8nc(-c9ccccc9)nc(-c9ccc(OC)cc9)n8)c7)cc6c5c4)c3)n2)cc1. The van der Waals surface area contributed by atoms with E-state index in [4.69, 9.17) is 39.4 Å². The van der Waals surface area contributed by atoms with Crippen LogP contribution in [-0.2, 0) is 0 Å². The largest absolute Gasteiger partial charge is 0.497 e. The number of thiophene rings is 1. The molecular formula is C56H38N6O2S. The van der Waals surface area contributed by atoms with Crippen molar-refractivity contribution in [3.8, 4) is 102 Å². The number of hydrogen-bond acceptors (Lipinski definition) is 9. The molecule has 0 unspecified atom stereocenters. The number of fused-ring (bicyclic) bond motifs is 3. The molecule has 3 aromatic heterocycles. The minimum atomic E-state index is 0.595. The standard InChI is InChI=1S/C56H38N6O2S/c1-63-45-25-19-37(20-26-45)53-57-51(35-11-5-3-6-12-35)59-55(61-53)43-17-9-15-39(31-43)41-23-29-49-47(33-41)48-34-42(24-30-50(48)65-49)40-16-10-18-44(32-40)56-60-52(36-13-7-4-8-14-36)58-54(62-56)38-21-27-46(64-2)28-22-38/h3-34H,1-2H3. The van der Waals surface area contributed by atoms with E-state index in [0.29, 0.717) is 34.9 Å². The summed E-state index contributed by atoms with van der Waals surface area (Å²) in [6.45, 7) is 0. The Morgan fingerprint density at radius 2 is 0.569 bits per heavy atom. The number of rotatable bonds is 10. The summed E-state index contributed by atoms with van der Waals surface area (Å²) < 4.78 is 13.3. The first-order valence-electron chi connectivity index (χ1n) is 21.1. The second-order valence-corrected chi connectivity index (χ2v) is 16.6. The monoisotopic (exact) mass is 858 g/mol. The number of nitrogens with zero attached hydrogens (tertiary/aromatic N) is 6. The van der Waals surface area contributed by atoms with Crippen molar-refractivity contribution < 1.29 is 9.47 Å². The van der Waals surface area contributed by atoms with Gasteiger partial charge in [-0.3, -0.25) is 0 Å². The van der Waals surface area contributed by atoms with Gasteiger partial charge in [-0.2, -0.15) is 0 Å². The Morgan fingerprint density at radius 3 is 0.938 bits per heavy atom. The summed E-state index contributed by atoms with van der Waals surface area (Å²) in [6.07, 6.45) is 0. The number of hydrogen-bond donors (Lipinski definition) is 0. The third kappa shape index (κ3) is 7.97. The maximum atomic E-state index is 5.41. The second kappa shape index (κ2) is 17.0. The minimum Gasteiger partial charge on any atom is -0.497 e. The highest BCUT2D eigenvalue weighted by Crippen LogP contribution is 2.40. The molecule has 11 rings (SSSR count). The van der Waals surface area contributed by atoms with Crippen LogP contribution in [0.15, 0.2) is 194 Å². The Balaban J connectivity index is 0.953. The average molecular weight is 859 g/mol. The van der Waals surface area contributed by atoms with Crippen LogP contribution in [0.4, 0.5) is 0 Å². The van der Waals surface area contributed by atoms with E-state index in [1.54, 1.807) is 25.6 Å². The van der Waals surface area contributed by atoms with Crippen molar-refractivity contribution in [1.29, 1.82) is 0 Å². The van der Waals surface area contributed by atoms with E-state index in [1.165, 1.54) is 20.2 Å². The van der Waals surface area contributed by atoms with Crippen molar-refractivity contribution in [2.75, 3.05) is 14.2 Å². The summed E-state index contributed by atoms with van der Waals surface area (Å²) in [5.41, 5.74) is 9.76. The Bertz CT molecular complexity index is 3270. The van der Waals surface area contributed by atoms with Gasteiger partial charge in [0.1, 0.15) is 11.5 Å². The molecule has 0 aliphatic heterocycles. The van der Waals surface area contributed by atoms with Gasteiger partial charge in [-0.15, -0.1) is 11.3 Å². The van der Waals surface area contributed by atoms with Crippen LogP contribution < -0.4 is 9.47 Å². The van der Waals surface area contributed by atoms with E-state index < -0.39 is 0 Å². The van der Waals surface area contributed by atoms with Gasteiger partial charge in [0, 0.05) is 53.6 Å². The van der Waals surface area contributed by atoms with Crippen molar-refractivity contribution in [2.24, 2.45) is 0 Å². The summed E-state index contributed by atoms with van der Waals surface area (Å²) in [5.74, 6) is 5.17. The van der Waals surface area contributed by atoms with Crippen molar-refractivity contribution in [3.63, 3.8) is 0 Å². The molecule has 0 saturated carbocycles. The number of benzene rings is 8. The van der Waals surface area contributed by atoms with Crippen LogP contribution in [0.3, 0.4) is 0 Å². The predicted molar refractivity (Wildman–Crippen MR) is 263 cm³/mol. The highest BCUT2D eigenvalue weighted by molar-refractivity contribution is 7.25. The van der Waals surface area contributed by atoms with Crippen molar-refractivity contribution in [2.45, 2.75) is 0 Å². The lowest BCUT2D eigenvalue weighted by Gasteiger charge is -2.10. The zero-order chi connectivity index (χ0) is 43.7. The van der Waals surface area contributed by atoms with Gasteiger partial charge < -0.3 is 9.47 Å². The van der Waals surface area contributed by atoms with Crippen LogP contribution in [0.1, 0.15) is 0 Å². The van der Waals surface area contributed by atoms with Crippen LogP contribution in [-0.4, -0.2) is 44.1 Å². The molecule has 310 valence electrons. The normalized spacial score (nSPS) is 11.2. The van der Waals surface area contributed by atoms with Gasteiger partial charge >= 0.3 is 0 Å². The highest BCUT2D eigenvalue weighted by Gasteiger charge is 2.16. The lowest BCUT2D eigenvalue weighted by Crippen LogP contribution is -2.00. The number of methoxy groups -OCH3 is 2. The van der Waals surface area contributed by atoms with E-state index >= 15 is 0 Å². The molecule has 0 spiro atoms. The Labute approximate surface area is 379 Å². The Hall–Kier alpha value is -8.40. The van der Waals surface area contributed by atoms with Crippen molar-refractivity contribution >= 4 is 31.5 Å². The van der Waals surface area contributed by atoms with Gasteiger partial charge in [-0.25, -0.2) is 29.9 Å². The van der Waals surface area contributed by atoms with Crippen molar-refractivity contribution in [1.82, 2.24) is 29.9 Å². The molecule has 0 N–H and O–H groups in total. The van der Waals surface area contributed by atoms with Gasteiger partial charge in [0.05, 0.1) is 14.2 Å². The van der Waals surface area contributed by atoms with Crippen LogP contribution in [0.5, 0.6) is 11.5 Å². The topological polar surface area (TPSA) is 95.8 Å². The molecule has 8 nitrogen and oxygen atoms in total. The molecule has 0 bridgehead atoms. The molecule has 0 radical (unpaired) electrons. The fourth-order valence-electron chi connectivity index (χ4n) is 7.99. The third-order valence-corrected chi connectivity index (χ3v) is 12.6. The predicted octanol–water partition coefficient (Wildman–Crippen LogP) is 13.8. The fourth-order valence-corrected chi connectivity index (χ4v) is 9.06. The molecule has 0 fully saturated rings. The zero-order valence-electron chi connectivity index (χ0n) is 35.4. The van der Waals surface area contributed by atoms with Gasteiger partial charge in [0.15, 0.2) is 34.9 Å². The van der Waals surface area contributed by atoms with Crippen LogP contribution in [0.2, 0.25) is 0 Å². The molecule has 0 aliphatic carbocycles. The highest BCUT2D eigenvalue weighted by atomic mass is 32.1. The second-order valence-electron chi connectivity index (χ2n) is 15.5. The molecule has 0 aliphatic rings. The van der Waals surface area contributed by atoms with E-state index in [0.717, 1.165) is 67.1 Å². The molecule has 65 heavy (non-hydrogen) atoms. The molecule has 11 aromatic rings. The van der Waals surface area contributed by atoms with E-state index in [1.807, 2.05) is 109 Å². The summed E-state index contributed by atoms with van der Waals surface area (Å²) in [4.78, 5) is 29.8. The molecule has 0 saturated heterocycles. The van der Waals surface area contributed by atoms with Crippen LogP contribution in [0.25, 0.3) is 111 Å². The lowest BCUT2D eigenvalue weighted by molar-refractivity contribution is 0.414. The summed E-state index contributed by atoms with van der Waals surface area (Å²) >= 11 is 1.80. The molecule has 0 amide bonds. The van der Waals surface area contributed by atoms with Crippen LogP contribution in [0, 0.1) is 0 Å². The number of ether oxygens (including phenoxy) is 2. The Morgan fingerprint density at radius 1 is 0.277 bits per heavy atom. The molecular weight excluding hydrogens is 821 g/mol. The van der Waals surface area contributed by atoms with Crippen molar-refractivity contribution in [3.05, 3.63) is 194 Å². The van der Waals surface area contributed by atoms with Crippen LogP contribution >= 0.6 is 11.3 Å². The first-order chi connectivity index (χ1) is 32.0. The van der Waals surface area contributed by atoms with Gasteiger partial charge in [-0.05, 0) is 107 Å². The third-order valence-electron chi connectivity index (χ3n) is 11.4. The first kappa shape index (κ1) is 39.4. The molecule has 9 heteroatoms. The van der Waals surface area contributed by atoms with Gasteiger partial charge in [0.2, 0.25) is 0 Å². The lowest BCUT2D eigenvalue weighted by atomic mass is 9.98. The summed E-state index contributed by atoms with van der Waals surface area (Å²) in [6, 6.07) is 66.0. The van der Waals surface area contributed by atoms with E-state index in [2.05, 4.69) is 84.9 Å². The van der Waals surface area contributed by atoms with Gasteiger partial charge in [0.25, 0.3) is 0 Å². The fraction of sp³-hybridized carbons (Fsp3) is 0.0357. The minimum absolute atomic E-state index is 0.595. The summed E-state index contributed by atoms with van der Waals surface area (Å²) in [7, 11) is 3.32. The maximum Gasteiger partial charge on any atom is 0.164 e. The van der Waals surface area contributed by atoms with Gasteiger partial charge in [-0.1, -0.05) is 109 Å². The first-order valence-corrected chi connectivity index (χ1v) is 22.0. The average Bonchev–Trinajstić information content (AvgIpc) is 3.76.